The molecule has 0 aliphatic heterocycles. The van der Waals surface area contributed by atoms with Crippen molar-refractivity contribution in [2.75, 3.05) is 0 Å². The van der Waals surface area contributed by atoms with Crippen molar-refractivity contribution in [1.82, 2.24) is 15.5 Å². The molecular formula is C8H12N4O. The minimum Gasteiger partial charge on any atom is -0.340 e. The second-order valence-electron chi connectivity index (χ2n) is 2.70. The highest BCUT2D eigenvalue weighted by molar-refractivity contribution is 4.91. The van der Waals surface area contributed by atoms with E-state index in [1.165, 1.54) is 0 Å². The Labute approximate surface area is 76.7 Å². The molecule has 1 aromatic rings. The van der Waals surface area contributed by atoms with Crippen molar-refractivity contribution in [3.05, 3.63) is 11.7 Å². The number of nitrogens with zero attached hydrogens (tertiary/aromatic N) is 3. The standard InChI is InChI=1S/C8H12N4O/c1-3-7(4-9)10-5-8-11-6(2)13-12-8/h7,10H,3,5H2,1-2H3. The molecule has 0 amide bonds. The highest BCUT2D eigenvalue weighted by Crippen LogP contribution is 1.96. The second-order valence-corrected chi connectivity index (χ2v) is 2.70. The van der Waals surface area contributed by atoms with Crippen LogP contribution in [0.15, 0.2) is 4.52 Å². The summed E-state index contributed by atoms with van der Waals surface area (Å²) in [5, 5.41) is 15.3. The molecule has 0 fully saturated rings. The number of rotatable bonds is 4. The van der Waals surface area contributed by atoms with Gasteiger partial charge in [0.1, 0.15) is 0 Å². The zero-order valence-corrected chi connectivity index (χ0v) is 7.74. The highest BCUT2D eigenvalue weighted by atomic mass is 16.5. The van der Waals surface area contributed by atoms with E-state index in [0.717, 1.165) is 6.42 Å². The number of hydrogen-bond acceptors (Lipinski definition) is 5. The lowest BCUT2D eigenvalue weighted by Gasteiger charge is -2.04. The Morgan fingerprint density at radius 3 is 2.92 bits per heavy atom. The summed E-state index contributed by atoms with van der Waals surface area (Å²) in [6.07, 6.45) is 0.771. The molecule has 0 bridgehead atoms. The first-order chi connectivity index (χ1) is 6.26. The molecule has 13 heavy (non-hydrogen) atoms. The van der Waals surface area contributed by atoms with E-state index in [1.807, 2.05) is 6.92 Å². The average Bonchev–Trinajstić information content (AvgIpc) is 2.53. The molecule has 1 heterocycles. The van der Waals surface area contributed by atoms with E-state index >= 15 is 0 Å². The summed E-state index contributed by atoms with van der Waals surface area (Å²) >= 11 is 0. The Balaban J connectivity index is 2.39. The van der Waals surface area contributed by atoms with Crippen LogP contribution in [0.3, 0.4) is 0 Å². The minimum atomic E-state index is -0.140. The van der Waals surface area contributed by atoms with Gasteiger partial charge in [-0.15, -0.1) is 0 Å². The third kappa shape index (κ3) is 2.84. The van der Waals surface area contributed by atoms with E-state index in [2.05, 4.69) is 21.5 Å². The van der Waals surface area contributed by atoms with Crippen molar-refractivity contribution >= 4 is 0 Å². The predicted octanol–water partition coefficient (Wildman–Crippen LogP) is 0.770. The van der Waals surface area contributed by atoms with Crippen LogP contribution in [0.5, 0.6) is 0 Å². The fraction of sp³-hybridized carbons (Fsp3) is 0.625. The van der Waals surface area contributed by atoms with Crippen molar-refractivity contribution in [1.29, 1.82) is 5.26 Å². The van der Waals surface area contributed by atoms with E-state index in [-0.39, 0.29) is 6.04 Å². The van der Waals surface area contributed by atoms with Gasteiger partial charge < -0.3 is 4.52 Å². The normalized spacial score (nSPS) is 12.4. The Kier molecular flexibility index (Phi) is 3.41. The molecule has 1 aromatic heterocycles. The SMILES string of the molecule is CCC(C#N)NCc1noc(C)n1. The van der Waals surface area contributed by atoms with Gasteiger partial charge in [0.25, 0.3) is 0 Å². The van der Waals surface area contributed by atoms with Crippen LogP contribution in [-0.2, 0) is 6.54 Å². The lowest BCUT2D eigenvalue weighted by atomic mass is 10.2. The Bertz CT molecular complexity index is 301. The van der Waals surface area contributed by atoms with E-state index in [9.17, 15) is 0 Å². The van der Waals surface area contributed by atoms with Gasteiger partial charge in [-0.05, 0) is 6.42 Å². The van der Waals surface area contributed by atoms with Crippen LogP contribution < -0.4 is 5.32 Å². The summed E-state index contributed by atoms with van der Waals surface area (Å²) in [5.41, 5.74) is 0. The van der Waals surface area contributed by atoms with Crippen molar-refractivity contribution < 1.29 is 4.52 Å². The lowest BCUT2D eigenvalue weighted by Crippen LogP contribution is -2.26. The number of nitrogens with one attached hydrogen (secondary N) is 1. The lowest BCUT2D eigenvalue weighted by molar-refractivity contribution is 0.384. The van der Waals surface area contributed by atoms with Gasteiger partial charge in [-0.1, -0.05) is 12.1 Å². The summed E-state index contributed by atoms with van der Waals surface area (Å²) in [5.74, 6) is 1.13. The van der Waals surface area contributed by atoms with Crippen molar-refractivity contribution in [3.8, 4) is 6.07 Å². The maximum atomic E-state index is 8.63. The first-order valence-electron chi connectivity index (χ1n) is 4.18. The summed E-state index contributed by atoms with van der Waals surface area (Å²) in [6.45, 7) is 4.16. The van der Waals surface area contributed by atoms with Crippen LogP contribution >= 0.6 is 0 Å². The molecular weight excluding hydrogens is 168 g/mol. The molecule has 1 rings (SSSR count). The number of hydrogen-bond donors (Lipinski definition) is 1. The van der Waals surface area contributed by atoms with E-state index < -0.39 is 0 Å². The molecule has 0 saturated carbocycles. The van der Waals surface area contributed by atoms with Crippen LogP contribution in [0.1, 0.15) is 25.1 Å². The fourth-order valence-electron chi connectivity index (χ4n) is 0.909. The summed E-state index contributed by atoms with van der Waals surface area (Å²) in [4.78, 5) is 4.00. The average molecular weight is 180 g/mol. The van der Waals surface area contributed by atoms with Gasteiger partial charge in [0.15, 0.2) is 5.82 Å². The summed E-state index contributed by atoms with van der Waals surface area (Å²) in [6, 6.07) is 1.99. The molecule has 0 aliphatic rings. The third-order valence-electron chi connectivity index (χ3n) is 1.64. The third-order valence-corrected chi connectivity index (χ3v) is 1.64. The quantitative estimate of drug-likeness (QED) is 0.740. The first-order valence-corrected chi connectivity index (χ1v) is 4.18. The van der Waals surface area contributed by atoms with E-state index in [0.29, 0.717) is 18.3 Å². The van der Waals surface area contributed by atoms with Gasteiger partial charge >= 0.3 is 0 Å². The number of nitriles is 1. The predicted molar refractivity (Wildman–Crippen MR) is 45.6 cm³/mol. The van der Waals surface area contributed by atoms with Gasteiger partial charge in [0.05, 0.1) is 18.7 Å². The Hall–Kier alpha value is -1.41. The van der Waals surface area contributed by atoms with Crippen LogP contribution in [0.2, 0.25) is 0 Å². The monoisotopic (exact) mass is 180 g/mol. The smallest absolute Gasteiger partial charge is 0.223 e. The summed E-state index contributed by atoms with van der Waals surface area (Å²) < 4.78 is 4.78. The van der Waals surface area contributed by atoms with Crippen LogP contribution in [0, 0.1) is 18.3 Å². The van der Waals surface area contributed by atoms with Crippen LogP contribution in [0.4, 0.5) is 0 Å². The molecule has 5 nitrogen and oxygen atoms in total. The molecule has 1 unspecified atom stereocenters. The molecule has 1 atom stereocenters. The topological polar surface area (TPSA) is 74.7 Å². The highest BCUT2D eigenvalue weighted by Gasteiger charge is 2.06. The molecule has 0 saturated heterocycles. The van der Waals surface area contributed by atoms with E-state index in [1.54, 1.807) is 6.92 Å². The van der Waals surface area contributed by atoms with Crippen molar-refractivity contribution in [2.45, 2.75) is 32.9 Å². The zero-order chi connectivity index (χ0) is 9.68. The fourth-order valence-corrected chi connectivity index (χ4v) is 0.909. The Morgan fingerprint density at radius 2 is 2.46 bits per heavy atom. The second kappa shape index (κ2) is 4.58. The molecule has 5 heteroatoms. The molecule has 0 aliphatic carbocycles. The molecule has 70 valence electrons. The Morgan fingerprint density at radius 1 is 1.69 bits per heavy atom. The first kappa shape index (κ1) is 9.68. The van der Waals surface area contributed by atoms with Gasteiger partial charge in [-0.3, -0.25) is 5.32 Å². The molecule has 0 aromatic carbocycles. The van der Waals surface area contributed by atoms with Crippen LogP contribution in [0.25, 0.3) is 0 Å². The van der Waals surface area contributed by atoms with Gasteiger partial charge in [-0.2, -0.15) is 10.2 Å². The maximum absolute atomic E-state index is 8.63. The number of aryl methyl sites for hydroxylation is 1. The van der Waals surface area contributed by atoms with Crippen molar-refractivity contribution in [3.63, 3.8) is 0 Å². The van der Waals surface area contributed by atoms with Crippen molar-refractivity contribution in [2.24, 2.45) is 0 Å². The molecule has 0 spiro atoms. The number of aromatic nitrogens is 2. The zero-order valence-electron chi connectivity index (χ0n) is 7.74. The van der Waals surface area contributed by atoms with E-state index in [4.69, 9.17) is 9.78 Å². The van der Waals surface area contributed by atoms with Gasteiger partial charge in [0.2, 0.25) is 5.89 Å². The largest absolute Gasteiger partial charge is 0.340 e. The van der Waals surface area contributed by atoms with Gasteiger partial charge in [-0.25, -0.2) is 0 Å². The summed E-state index contributed by atoms with van der Waals surface area (Å²) in [7, 11) is 0. The maximum Gasteiger partial charge on any atom is 0.223 e. The van der Waals surface area contributed by atoms with Gasteiger partial charge in [0, 0.05) is 6.92 Å². The molecule has 0 radical (unpaired) electrons. The minimum absolute atomic E-state index is 0.140. The van der Waals surface area contributed by atoms with Crippen LogP contribution in [-0.4, -0.2) is 16.2 Å². The molecule has 1 N–H and O–H groups in total.